The lowest BCUT2D eigenvalue weighted by Crippen LogP contribution is -2.12. The van der Waals surface area contributed by atoms with Crippen molar-refractivity contribution in [3.63, 3.8) is 0 Å². The molecule has 1 amide bonds. The average Bonchev–Trinajstić information content (AvgIpc) is 2.92. The number of imidazole rings is 1. The molecule has 1 N–H and O–H groups in total. The molecule has 0 atom stereocenters. The van der Waals surface area contributed by atoms with Gasteiger partial charge in [0.15, 0.2) is 4.96 Å². The highest BCUT2D eigenvalue weighted by Gasteiger charge is 2.11. The van der Waals surface area contributed by atoms with Crippen molar-refractivity contribution in [2.24, 2.45) is 0 Å². The number of halogens is 1. The summed E-state index contributed by atoms with van der Waals surface area (Å²) in [6, 6.07) is 6.95. The van der Waals surface area contributed by atoms with Gasteiger partial charge in [-0.05, 0) is 24.3 Å². The predicted molar refractivity (Wildman–Crippen MR) is 72.5 cm³/mol. The third-order valence-corrected chi connectivity index (χ3v) is 3.45. The maximum absolute atomic E-state index is 12.0. The Balaban J connectivity index is 1.82. The number of nitrogens with one attached hydrogen (secondary N) is 1. The minimum Gasteiger partial charge on any atom is -0.321 e. The van der Waals surface area contributed by atoms with Crippen molar-refractivity contribution in [1.29, 1.82) is 0 Å². The second-order valence-corrected chi connectivity index (χ2v) is 4.99. The molecule has 0 saturated heterocycles. The maximum Gasteiger partial charge on any atom is 0.275 e. The van der Waals surface area contributed by atoms with Gasteiger partial charge in [-0.2, -0.15) is 0 Å². The molecule has 0 spiro atoms. The van der Waals surface area contributed by atoms with Gasteiger partial charge in [-0.1, -0.05) is 11.6 Å². The van der Waals surface area contributed by atoms with Crippen LogP contribution in [0.2, 0.25) is 5.02 Å². The molecule has 3 rings (SSSR count). The van der Waals surface area contributed by atoms with Gasteiger partial charge in [-0.3, -0.25) is 9.20 Å². The number of hydrogen-bond acceptors (Lipinski definition) is 3. The Labute approximate surface area is 112 Å². The zero-order chi connectivity index (χ0) is 12.5. The van der Waals surface area contributed by atoms with Crippen LogP contribution >= 0.6 is 22.9 Å². The fourth-order valence-electron chi connectivity index (χ4n) is 1.57. The number of carbonyl (C=O) groups excluding carboxylic acids is 1. The van der Waals surface area contributed by atoms with Gasteiger partial charge in [0.25, 0.3) is 5.91 Å². The van der Waals surface area contributed by atoms with E-state index in [0.29, 0.717) is 16.4 Å². The Kier molecular flexibility index (Phi) is 2.77. The van der Waals surface area contributed by atoms with Crippen molar-refractivity contribution >= 4 is 39.5 Å². The highest BCUT2D eigenvalue weighted by Crippen LogP contribution is 2.15. The van der Waals surface area contributed by atoms with Gasteiger partial charge in [0, 0.05) is 28.5 Å². The number of anilines is 1. The molecule has 18 heavy (non-hydrogen) atoms. The van der Waals surface area contributed by atoms with Crippen molar-refractivity contribution < 1.29 is 4.79 Å². The minimum atomic E-state index is -0.228. The van der Waals surface area contributed by atoms with Crippen LogP contribution in [0.1, 0.15) is 10.5 Å². The molecule has 0 aliphatic heterocycles. The second kappa shape index (κ2) is 4.44. The molecular formula is C12H8ClN3OS. The lowest BCUT2D eigenvalue weighted by atomic mass is 10.3. The summed E-state index contributed by atoms with van der Waals surface area (Å²) in [5.74, 6) is -0.228. The predicted octanol–water partition coefficient (Wildman–Crippen LogP) is 3.30. The van der Waals surface area contributed by atoms with E-state index in [2.05, 4.69) is 10.3 Å². The molecule has 0 saturated carbocycles. The van der Waals surface area contributed by atoms with Gasteiger partial charge in [-0.15, -0.1) is 11.3 Å². The largest absolute Gasteiger partial charge is 0.321 e. The lowest BCUT2D eigenvalue weighted by molar-refractivity contribution is 0.102. The van der Waals surface area contributed by atoms with E-state index in [9.17, 15) is 4.79 Å². The van der Waals surface area contributed by atoms with E-state index in [1.165, 1.54) is 11.3 Å². The van der Waals surface area contributed by atoms with E-state index < -0.39 is 0 Å². The molecule has 0 unspecified atom stereocenters. The summed E-state index contributed by atoms with van der Waals surface area (Å²) in [6.07, 6.45) is 3.57. The first-order valence-electron chi connectivity index (χ1n) is 5.21. The molecule has 90 valence electrons. The summed E-state index contributed by atoms with van der Waals surface area (Å²) in [4.78, 5) is 17.0. The number of carbonyl (C=O) groups is 1. The van der Waals surface area contributed by atoms with Crippen LogP contribution in [0, 0.1) is 0 Å². The molecule has 0 aliphatic rings. The monoisotopic (exact) mass is 277 g/mol. The molecule has 0 bridgehead atoms. The zero-order valence-electron chi connectivity index (χ0n) is 9.13. The van der Waals surface area contributed by atoms with E-state index in [0.717, 1.165) is 4.96 Å². The third-order valence-electron chi connectivity index (χ3n) is 2.43. The molecule has 0 fully saturated rings. The smallest absolute Gasteiger partial charge is 0.275 e. The summed E-state index contributed by atoms with van der Waals surface area (Å²) < 4.78 is 1.82. The van der Waals surface area contributed by atoms with E-state index in [-0.39, 0.29) is 5.91 Å². The molecule has 6 heteroatoms. The number of aromatic nitrogens is 2. The summed E-state index contributed by atoms with van der Waals surface area (Å²) >= 11 is 7.27. The number of fused-ring (bicyclic) bond motifs is 1. The third kappa shape index (κ3) is 2.10. The van der Waals surface area contributed by atoms with Crippen LogP contribution in [0.3, 0.4) is 0 Å². The van der Waals surface area contributed by atoms with Crippen LogP contribution in [-0.4, -0.2) is 15.3 Å². The van der Waals surface area contributed by atoms with Gasteiger partial charge in [0.2, 0.25) is 0 Å². The first kappa shape index (κ1) is 11.3. The van der Waals surface area contributed by atoms with E-state index >= 15 is 0 Å². The van der Waals surface area contributed by atoms with Gasteiger partial charge in [-0.25, -0.2) is 4.98 Å². The van der Waals surface area contributed by atoms with Crippen LogP contribution in [0.5, 0.6) is 0 Å². The first-order valence-corrected chi connectivity index (χ1v) is 6.47. The van der Waals surface area contributed by atoms with E-state index in [4.69, 9.17) is 11.6 Å². The van der Waals surface area contributed by atoms with Gasteiger partial charge >= 0.3 is 0 Å². The second-order valence-electron chi connectivity index (χ2n) is 3.68. The number of benzene rings is 1. The van der Waals surface area contributed by atoms with Gasteiger partial charge < -0.3 is 5.32 Å². The van der Waals surface area contributed by atoms with Crippen LogP contribution in [-0.2, 0) is 0 Å². The molecule has 0 aliphatic carbocycles. The molecule has 2 aromatic heterocycles. The summed E-state index contributed by atoms with van der Waals surface area (Å²) in [7, 11) is 0. The van der Waals surface area contributed by atoms with E-state index in [1.54, 1.807) is 30.5 Å². The Morgan fingerprint density at radius 2 is 2.11 bits per heavy atom. The molecule has 0 radical (unpaired) electrons. The summed E-state index contributed by atoms with van der Waals surface area (Å²) in [6.45, 7) is 0. The van der Waals surface area contributed by atoms with Crippen molar-refractivity contribution in [2.75, 3.05) is 5.32 Å². The fraction of sp³-hybridized carbons (Fsp3) is 0. The number of rotatable bonds is 2. The van der Waals surface area contributed by atoms with Crippen molar-refractivity contribution in [2.45, 2.75) is 0 Å². The zero-order valence-corrected chi connectivity index (χ0v) is 10.7. The van der Waals surface area contributed by atoms with Crippen molar-refractivity contribution in [3.05, 3.63) is 52.8 Å². The quantitative estimate of drug-likeness (QED) is 0.781. The molecule has 4 nitrogen and oxygen atoms in total. The Morgan fingerprint density at radius 3 is 2.83 bits per heavy atom. The SMILES string of the molecule is O=C(Nc1ccc(Cl)cc1)c1cn2ccsc2n1. The summed E-state index contributed by atoms with van der Waals surface area (Å²) in [5, 5.41) is 5.32. The molecule has 3 aromatic rings. The molecule has 1 aromatic carbocycles. The Hall–Kier alpha value is -1.85. The topological polar surface area (TPSA) is 46.4 Å². The number of hydrogen-bond donors (Lipinski definition) is 1. The fourth-order valence-corrected chi connectivity index (χ4v) is 2.39. The van der Waals surface area contributed by atoms with Crippen LogP contribution in [0.4, 0.5) is 5.69 Å². The highest BCUT2D eigenvalue weighted by molar-refractivity contribution is 7.15. The average molecular weight is 278 g/mol. The number of amides is 1. The van der Waals surface area contributed by atoms with Crippen molar-refractivity contribution in [3.8, 4) is 0 Å². The number of thiazole rings is 1. The van der Waals surface area contributed by atoms with Crippen molar-refractivity contribution in [1.82, 2.24) is 9.38 Å². The summed E-state index contributed by atoms with van der Waals surface area (Å²) in [5.41, 5.74) is 1.09. The van der Waals surface area contributed by atoms with Crippen LogP contribution in [0.25, 0.3) is 4.96 Å². The normalized spacial score (nSPS) is 10.7. The molecule has 2 heterocycles. The van der Waals surface area contributed by atoms with Crippen LogP contribution in [0.15, 0.2) is 42.0 Å². The van der Waals surface area contributed by atoms with Gasteiger partial charge in [0.1, 0.15) is 5.69 Å². The number of nitrogens with zero attached hydrogens (tertiary/aromatic N) is 2. The first-order chi connectivity index (χ1) is 8.72. The highest BCUT2D eigenvalue weighted by atomic mass is 35.5. The van der Waals surface area contributed by atoms with E-state index in [1.807, 2.05) is 16.0 Å². The maximum atomic E-state index is 12.0. The Morgan fingerprint density at radius 1 is 1.33 bits per heavy atom. The lowest BCUT2D eigenvalue weighted by Gasteiger charge is -2.02. The van der Waals surface area contributed by atoms with Gasteiger partial charge in [0.05, 0.1) is 0 Å². The Bertz CT molecular complexity index is 673. The minimum absolute atomic E-state index is 0.228. The van der Waals surface area contributed by atoms with Crippen LogP contribution < -0.4 is 5.32 Å². The molecular weight excluding hydrogens is 270 g/mol. The standard InChI is InChI=1S/C12H8ClN3OS/c13-8-1-3-9(4-2-8)14-11(17)10-7-16-5-6-18-12(16)15-10/h1-7H,(H,14,17).